The zero-order chi connectivity index (χ0) is 16.1. The summed E-state index contributed by atoms with van der Waals surface area (Å²) >= 11 is 0. The van der Waals surface area contributed by atoms with Crippen LogP contribution < -0.4 is 16.9 Å². The molecule has 0 fully saturated rings. The van der Waals surface area contributed by atoms with Crippen molar-refractivity contribution >= 4 is 16.6 Å². The molecule has 1 unspecified atom stereocenters. The Morgan fingerprint density at radius 2 is 1.87 bits per heavy atom. The number of hydrogen-bond acceptors (Lipinski definition) is 5. The third-order valence-corrected chi connectivity index (χ3v) is 3.96. The second-order valence-electron chi connectivity index (χ2n) is 5.14. The number of nitrogens with two attached hydrogens (primary N) is 1. The molecule has 3 N–H and O–H groups in total. The monoisotopic (exact) mass is 306 g/mol. The third kappa shape index (κ3) is 1.56. The molecule has 3 heterocycles. The molecular formula is C15H10N6O2. The van der Waals surface area contributed by atoms with Crippen molar-refractivity contribution in [3.05, 3.63) is 68.5 Å². The molecule has 0 radical (unpaired) electrons. The molecule has 0 bridgehead atoms. The van der Waals surface area contributed by atoms with E-state index in [1.54, 1.807) is 30.3 Å². The van der Waals surface area contributed by atoms with E-state index in [1.807, 2.05) is 6.07 Å². The van der Waals surface area contributed by atoms with E-state index in [2.05, 4.69) is 10.2 Å². The Labute approximate surface area is 128 Å². The lowest BCUT2D eigenvalue weighted by molar-refractivity contribution is 0.529. The van der Waals surface area contributed by atoms with E-state index < -0.39 is 17.2 Å². The van der Waals surface area contributed by atoms with Gasteiger partial charge in [-0.25, -0.2) is 4.68 Å². The fourth-order valence-corrected chi connectivity index (χ4v) is 2.94. The van der Waals surface area contributed by atoms with Crippen molar-refractivity contribution in [2.24, 2.45) is 5.73 Å². The summed E-state index contributed by atoms with van der Waals surface area (Å²) in [6.45, 7) is 0. The van der Waals surface area contributed by atoms with Crippen molar-refractivity contribution in [2.45, 2.75) is 6.04 Å². The fraction of sp³-hybridized carbons (Fsp3) is 0.0667. The van der Waals surface area contributed by atoms with Gasteiger partial charge in [-0.3, -0.25) is 14.7 Å². The molecule has 1 atom stereocenters. The van der Waals surface area contributed by atoms with Crippen molar-refractivity contribution in [2.75, 3.05) is 0 Å². The number of aromatic amines is 1. The first-order valence-corrected chi connectivity index (χ1v) is 6.81. The zero-order valence-corrected chi connectivity index (χ0v) is 11.7. The molecule has 8 nitrogen and oxygen atoms in total. The Morgan fingerprint density at radius 1 is 1.17 bits per heavy atom. The summed E-state index contributed by atoms with van der Waals surface area (Å²) in [6.07, 6.45) is 1.51. The fourth-order valence-electron chi connectivity index (χ4n) is 2.94. The van der Waals surface area contributed by atoms with E-state index in [0.29, 0.717) is 5.69 Å². The number of nitrogens with one attached hydrogen (secondary N) is 1. The Balaban J connectivity index is 2.21. The van der Waals surface area contributed by atoms with Gasteiger partial charge in [0.15, 0.2) is 0 Å². The number of fused-ring (bicyclic) bond motifs is 2. The first-order chi connectivity index (χ1) is 11.1. The molecule has 112 valence electrons. The highest BCUT2D eigenvalue weighted by Crippen LogP contribution is 2.30. The molecule has 1 aliphatic rings. The highest BCUT2D eigenvalue weighted by molar-refractivity contribution is 5.81. The summed E-state index contributed by atoms with van der Waals surface area (Å²) in [5, 5.41) is 16.6. The molecule has 8 heteroatoms. The van der Waals surface area contributed by atoms with Crippen molar-refractivity contribution in [1.82, 2.24) is 19.6 Å². The maximum absolute atomic E-state index is 12.9. The molecule has 0 spiro atoms. The Bertz CT molecular complexity index is 1130. The Kier molecular flexibility index (Phi) is 2.53. The van der Waals surface area contributed by atoms with E-state index >= 15 is 0 Å². The van der Waals surface area contributed by atoms with Crippen LogP contribution in [0.4, 0.5) is 0 Å². The molecule has 23 heavy (non-hydrogen) atoms. The van der Waals surface area contributed by atoms with Gasteiger partial charge in [-0.05, 0) is 18.2 Å². The lowest BCUT2D eigenvalue weighted by Crippen LogP contribution is -2.38. The molecule has 2 aromatic heterocycles. The molecule has 1 aromatic carbocycles. The average molecular weight is 306 g/mol. The van der Waals surface area contributed by atoms with Gasteiger partial charge in [0.05, 0.1) is 16.5 Å². The maximum atomic E-state index is 12.9. The van der Waals surface area contributed by atoms with Crippen molar-refractivity contribution < 1.29 is 0 Å². The zero-order valence-electron chi connectivity index (χ0n) is 11.7. The molecule has 4 rings (SSSR count). The average Bonchev–Trinajstić information content (AvgIpc) is 3.18. The van der Waals surface area contributed by atoms with Gasteiger partial charge >= 0.3 is 0 Å². The molecular weight excluding hydrogens is 296 g/mol. The smallest absolute Gasteiger partial charge is 0.279 e. The second kappa shape index (κ2) is 4.45. The van der Waals surface area contributed by atoms with E-state index in [1.165, 1.54) is 10.9 Å². The number of benzene rings is 1. The topological polar surface area (TPSA) is 122 Å². The number of aromatic nitrogens is 4. The lowest BCUT2D eigenvalue weighted by atomic mass is 10.1. The van der Waals surface area contributed by atoms with Gasteiger partial charge in [0.1, 0.15) is 23.5 Å². The molecule has 0 saturated heterocycles. The van der Waals surface area contributed by atoms with Crippen LogP contribution in [0, 0.1) is 11.3 Å². The highest BCUT2D eigenvalue weighted by atomic mass is 16.2. The van der Waals surface area contributed by atoms with Crippen LogP contribution in [0.25, 0.3) is 16.6 Å². The molecule has 0 aliphatic carbocycles. The van der Waals surface area contributed by atoms with Crippen LogP contribution in [0.2, 0.25) is 0 Å². The van der Waals surface area contributed by atoms with Crippen LogP contribution in [0.1, 0.15) is 11.7 Å². The lowest BCUT2D eigenvalue weighted by Gasteiger charge is -2.14. The largest absolute Gasteiger partial charge is 0.383 e. The normalized spacial score (nSPS) is 16.6. The summed E-state index contributed by atoms with van der Waals surface area (Å²) in [4.78, 5) is 25.6. The number of hydrogen-bond donors (Lipinski definition) is 2. The summed E-state index contributed by atoms with van der Waals surface area (Å²) in [5.41, 5.74) is 5.79. The first-order valence-electron chi connectivity index (χ1n) is 6.81. The summed E-state index contributed by atoms with van der Waals surface area (Å²) in [6, 6.07) is 9.34. The third-order valence-electron chi connectivity index (χ3n) is 3.96. The van der Waals surface area contributed by atoms with Gasteiger partial charge in [-0.1, -0.05) is 12.1 Å². The van der Waals surface area contributed by atoms with Crippen LogP contribution in [0.15, 0.2) is 51.7 Å². The van der Waals surface area contributed by atoms with Crippen LogP contribution in [0.5, 0.6) is 0 Å². The minimum absolute atomic E-state index is 0.0417. The first kappa shape index (κ1) is 13.1. The van der Waals surface area contributed by atoms with Crippen LogP contribution in [-0.2, 0) is 0 Å². The van der Waals surface area contributed by atoms with Gasteiger partial charge < -0.3 is 5.73 Å². The van der Waals surface area contributed by atoms with Gasteiger partial charge in [0.25, 0.3) is 11.1 Å². The van der Waals surface area contributed by atoms with Crippen molar-refractivity contribution in [3.8, 4) is 6.07 Å². The molecule has 0 saturated carbocycles. The molecule has 1 aliphatic heterocycles. The van der Waals surface area contributed by atoms with Crippen LogP contribution >= 0.6 is 0 Å². The number of allylic oxidation sites excluding steroid dienone is 1. The number of nitrogens with zero attached hydrogens (tertiary/aromatic N) is 4. The predicted molar refractivity (Wildman–Crippen MR) is 82.2 cm³/mol. The van der Waals surface area contributed by atoms with E-state index in [9.17, 15) is 14.9 Å². The minimum atomic E-state index is -0.799. The van der Waals surface area contributed by atoms with Crippen LogP contribution in [0.3, 0.4) is 0 Å². The quantitative estimate of drug-likeness (QED) is 0.662. The molecule has 3 aromatic rings. The van der Waals surface area contributed by atoms with Gasteiger partial charge in [0, 0.05) is 6.20 Å². The SMILES string of the molecule is N#CC1=C(N)n2c(=O)c3ccccc3c(=O)n2C1c1ccn[nH]1. The van der Waals surface area contributed by atoms with Gasteiger partial charge in [0.2, 0.25) is 0 Å². The van der Waals surface area contributed by atoms with Crippen molar-refractivity contribution in [1.29, 1.82) is 5.26 Å². The van der Waals surface area contributed by atoms with Crippen molar-refractivity contribution in [3.63, 3.8) is 0 Å². The number of rotatable bonds is 1. The standard InChI is InChI=1S/C15H10N6O2/c16-7-10-12(11-5-6-18-19-11)20-14(22)8-3-1-2-4-9(8)15(23)21(20)13(10)17/h1-6,12H,17H2,(H,18,19). The van der Waals surface area contributed by atoms with Gasteiger partial charge in [-0.15, -0.1) is 0 Å². The summed E-state index contributed by atoms with van der Waals surface area (Å²) < 4.78 is 2.26. The predicted octanol–water partition coefficient (Wildman–Crippen LogP) is 0.140. The maximum Gasteiger partial charge on any atom is 0.279 e. The minimum Gasteiger partial charge on any atom is -0.383 e. The number of H-pyrrole nitrogens is 1. The second-order valence-corrected chi connectivity index (χ2v) is 5.14. The van der Waals surface area contributed by atoms with Crippen LogP contribution in [-0.4, -0.2) is 19.6 Å². The summed E-state index contributed by atoms with van der Waals surface area (Å²) in [5.74, 6) is -0.0417. The van der Waals surface area contributed by atoms with E-state index in [-0.39, 0.29) is 22.2 Å². The van der Waals surface area contributed by atoms with E-state index in [0.717, 1.165) is 4.68 Å². The van der Waals surface area contributed by atoms with Gasteiger partial charge in [-0.2, -0.15) is 15.0 Å². The summed E-state index contributed by atoms with van der Waals surface area (Å²) in [7, 11) is 0. The Morgan fingerprint density at radius 3 is 2.48 bits per heavy atom. The Hall–Kier alpha value is -3.60. The van der Waals surface area contributed by atoms with E-state index in [4.69, 9.17) is 5.73 Å². The highest BCUT2D eigenvalue weighted by Gasteiger charge is 2.35. The number of nitriles is 1. The molecule has 0 amide bonds.